The number of ether oxygens (including phenoxy) is 1. The molecule has 2 atom stereocenters. The van der Waals surface area contributed by atoms with Crippen molar-refractivity contribution < 1.29 is 19.4 Å². The summed E-state index contributed by atoms with van der Waals surface area (Å²) in [6.07, 6.45) is 3.45. The average molecular weight is 269 g/mol. The van der Waals surface area contributed by atoms with E-state index in [4.69, 9.17) is 4.74 Å². The lowest BCUT2D eigenvalue weighted by Gasteiger charge is -2.46. The van der Waals surface area contributed by atoms with Crippen LogP contribution in [0.5, 0.6) is 0 Å². The first-order valence-electron chi connectivity index (χ1n) is 7.00. The lowest BCUT2D eigenvalue weighted by molar-refractivity contribution is -0.149. The Morgan fingerprint density at radius 1 is 1.11 bits per heavy atom. The number of hydrogen-bond donors (Lipinski definition) is 2. The van der Waals surface area contributed by atoms with Gasteiger partial charge >= 0.3 is 12.1 Å². The molecule has 0 radical (unpaired) electrons. The maximum Gasteiger partial charge on any atom is 0.407 e. The topological polar surface area (TPSA) is 75.6 Å². The highest BCUT2D eigenvalue weighted by Crippen LogP contribution is 2.45. The van der Waals surface area contributed by atoms with Gasteiger partial charge in [0.25, 0.3) is 0 Å². The summed E-state index contributed by atoms with van der Waals surface area (Å²) in [4.78, 5) is 23.3. The highest BCUT2D eigenvalue weighted by atomic mass is 16.6. The van der Waals surface area contributed by atoms with Crippen molar-refractivity contribution in [2.45, 2.75) is 58.1 Å². The van der Waals surface area contributed by atoms with Crippen molar-refractivity contribution in [1.29, 1.82) is 0 Å². The van der Waals surface area contributed by atoms with E-state index < -0.39 is 23.6 Å². The molecule has 2 bridgehead atoms. The van der Waals surface area contributed by atoms with Crippen molar-refractivity contribution in [3.8, 4) is 0 Å². The molecule has 0 aromatic rings. The summed E-state index contributed by atoms with van der Waals surface area (Å²) in [6, 6.07) is -0.278. The van der Waals surface area contributed by atoms with E-state index in [1.54, 1.807) is 20.8 Å². The van der Waals surface area contributed by atoms with Crippen molar-refractivity contribution in [1.82, 2.24) is 5.32 Å². The van der Waals surface area contributed by atoms with Gasteiger partial charge in [0.05, 0.1) is 5.92 Å². The van der Waals surface area contributed by atoms with Crippen LogP contribution in [0.3, 0.4) is 0 Å². The largest absolute Gasteiger partial charge is 0.481 e. The van der Waals surface area contributed by atoms with Gasteiger partial charge < -0.3 is 15.2 Å². The first-order valence-corrected chi connectivity index (χ1v) is 7.00. The van der Waals surface area contributed by atoms with E-state index in [1.807, 2.05) is 0 Å². The van der Waals surface area contributed by atoms with Crippen molar-refractivity contribution in [3.05, 3.63) is 0 Å². The van der Waals surface area contributed by atoms with Crippen LogP contribution < -0.4 is 5.32 Å². The minimum absolute atomic E-state index is 0.197. The van der Waals surface area contributed by atoms with Crippen molar-refractivity contribution in [2.24, 2.45) is 17.8 Å². The van der Waals surface area contributed by atoms with E-state index in [1.165, 1.54) is 0 Å². The van der Waals surface area contributed by atoms with Gasteiger partial charge in [-0.15, -0.1) is 0 Å². The predicted molar refractivity (Wildman–Crippen MR) is 69.7 cm³/mol. The van der Waals surface area contributed by atoms with Crippen LogP contribution in [0.25, 0.3) is 0 Å². The van der Waals surface area contributed by atoms with Crippen LogP contribution in [-0.2, 0) is 9.53 Å². The third kappa shape index (κ3) is 3.19. The quantitative estimate of drug-likeness (QED) is 0.807. The molecule has 3 saturated carbocycles. The Balaban J connectivity index is 2.05. The fraction of sp³-hybridized carbons (Fsp3) is 0.857. The molecule has 0 unspecified atom stereocenters. The zero-order chi connectivity index (χ0) is 14.2. The molecule has 3 rings (SSSR count). The molecule has 5 nitrogen and oxygen atoms in total. The summed E-state index contributed by atoms with van der Waals surface area (Å²) >= 11 is 0. The second-order valence-corrected chi connectivity index (χ2v) is 6.71. The maximum atomic E-state index is 11.8. The van der Waals surface area contributed by atoms with Gasteiger partial charge in [0.1, 0.15) is 5.60 Å². The molecule has 0 spiro atoms. The number of fused-ring (bicyclic) bond motifs is 3. The van der Waals surface area contributed by atoms with Crippen LogP contribution in [0, 0.1) is 17.8 Å². The molecule has 0 aromatic carbocycles. The molecule has 3 aliphatic carbocycles. The van der Waals surface area contributed by atoms with Gasteiger partial charge in [-0.3, -0.25) is 4.79 Å². The van der Waals surface area contributed by atoms with E-state index >= 15 is 0 Å². The van der Waals surface area contributed by atoms with Gasteiger partial charge in [0, 0.05) is 6.04 Å². The number of alkyl carbamates (subject to hydrolysis) is 1. The van der Waals surface area contributed by atoms with E-state index in [-0.39, 0.29) is 17.9 Å². The zero-order valence-corrected chi connectivity index (χ0v) is 11.8. The number of amides is 1. The monoisotopic (exact) mass is 269 g/mol. The van der Waals surface area contributed by atoms with Gasteiger partial charge in [0.15, 0.2) is 0 Å². The van der Waals surface area contributed by atoms with Gasteiger partial charge in [-0.05, 0) is 58.3 Å². The van der Waals surface area contributed by atoms with Crippen molar-refractivity contribution >= 4 is 12.1 Å². The molecule has 0 aromatic heterocycles. The molecule has 5 heteroatoms. The number of aliphatic carboxylic acids is 1. The minimum Gasteiger partial charge on any atom is -0.481 e. The summed E-state index contributed by atoms with van der Waals surface area (Å²) in [6.45, 7) is 5.40. The Hall–Kier alpha value is -1.26. The standard InChI is InChI=1S/C14H23NO4/c1-14(2,3)19-13(18)15-11-9-6-4-8(5-7-9)10(11)12(16)17/h8-11H,4-7H2,1-3H3,(H,15,18)(H,16,17)/t8?,9?,10-,11-/m0/s1. The molecular formula is C14H23NO4. The van der Waals surface area contributed by atoms with E-state index in [2.05, 4.69) is 5.32 Å². The Morgan fingerprint density at radius 2 is 1.63 bits per heavy atom. The number of carbonyl (C=O) groups excluding carboxylic acids is 1. The molecule has 0 aliphatic heterocycles. The van der Waals surface area contributed by atoms with Crippen LogP contribution in [-0.4, -0.2) is 28.8 Å². The summed E-state index contributed by atoms with van der Waals surface area (Å²) in [5.41, 5.74) is -0.559. The van der Waals surface area contributed by atoms with Crippen molar-refractivity contribution in [2.75, 3.05) is 0 Å². The highest BCUT2D eigenvalue weighted by Gasteiger charge is 2.48. The van der Waals surface area contributed by atoms with Crippen LogP contribution in [0.15, 0.2) is 0 Å². The molecule has 0 saturated heterocycles. The van der Waals surface area contributed by atoms with Crippen LogP contribution >= 0.6 is 0 Å². The number of carboxylic acids is 1. The lowest BCUT2D eigenvalue weighted by atomic mass is 9.61. The molecule has 108 valence electrons. The Kier molecular flexibility index (Phi) is 3.74. The molecule has 0 heterocycles. The molecule has 1 amide bonds. The first-order chi connectivity index (χ1) is 8.78. The van der Waals surface area contributed by atoms with Crippen molar-refractivity contribution in [3.63, 3.8) is 0 Å². The van der Waals surface area contributed by atoms with Gasteiger partial charge in [-0.25, -0.2) is 4.79 Å². The molecule has 3 fully saturated rings. The van der Waals surface area contributed by atoms with Crippen LogP contribution in [0.4, 0.5) is 4.79 Å². The normalized spacial score (nSPS) is 33.8. The number of carbonyl (C=O) groups is 2. The summed E-state index contributed by atoms with van der Waals surface area (Å²) in [5, 5.41) is 12.2. The number of rotatable bonds is 2. The fourth-order valence-electron chi connectivity index (χ4n) is 3.46. The Bertz CT molecular complexity index is 366. The maximum absolute atomic E-state index is 11.8. The third-order valence-electron chi connectivity index (χ3n) is 4.19. The molecule has 19 heavy (non-hydrogen) atoms. The van der Waals surface area contributed by atoms with Crippen LogP contribution in [0.2, 0.25) is 0 Å². The SMILES string of the molecule is CC(C)(C)OC(=O)N[C@H]1C2CCC(CC2)[C@@H]1C(=O)O. The zero-order valence-electron chi connectivity index (χ0n) is 11.8. The Labute approximate surface area is 113 Å². The number of carboxylic acid groups (broad SMARTS) is 1. The van der Waals surface area contributed by atoms with Gasteiger partial charge in [0.2, 0.25) is 0 Å². The second kappa shape index (κ2) is 5.02. The van der Waals surface area contributed by atoms with E-state index in [0.717, 1.165) is 25.7 Å². The molecule has 3 aliphatic rings. The first kappa shape index (κ1) is 14.2. The van der Waals surface area contributed by atoms with E-state index in [0.29, 0.717) is 0 Å². The van der Waals surface area contributed by atoms with E-state index in [9.17, 15) is 14.7 Å². The Morgan fingerprint density at radius 3 is 2.11 bits per heavy atom. The summed E-state index contributed by atoms with van der Waals surface area (Å²) < 4.78 is 5.23. The lowest BCUT2D eigenvalue weighted by Crippen LogP contribution is -2.56. The fourth-order valence-corrected chi connectivity index (χ4v) is 3.46. The predicted octanol–water partition coefficient (Wildman–Crippen LogP) is 2.40. The molecular weight excluding hydrogens is 246 g/mol. The number of hydrogen-bond acceptors (Lipinski definition) is 3. The summed E-state index contributed by atoms with van der Waals surface area (Å²) in [7, 11) is 0. The average Bonchev–Trinajstić information content (AvgIpc) is 2.27. The smallest absolute Gasteiger partial charge is 0.407 e. The minimum atomic E-state index is -0.796. The summed E-state index contributed by atoms with van der Waals surface area (Å²) in [5.74, 6) is -0.781. The second-order valence-electron chi connectivity index (χ2n) is 6.71. The van der Waals surface area contributed by atoms with Gasteiger partial charge in [-0.2, -0.15) is 0 Å². The highest BCUT2D eigenvalue weighted by molar-refractivity contribution is 5.74. The van der Waals surface area contributed by atoms with Crippen LogP contribution in [0.1, 0.15) is 46.5 Å². The third-order valence-corrected chi connectivity index (χ3v) is 4.19. The molecule has 2 N–H and O–H groups in total. The number of nitrogens with one attached hydrogen (secondary N) is 1. The van der Waals surface area contributed by atoms with Gasteiger partial charge in [-0.1, -0.05) is 0 Å².